The Hall–Kier alpha value is -1.76. The number of piperidine rings is 1. The SMILES string of the molecule is CC(C)(C)OC(=O)C1(Oc2ccc(C(F)(F)F)cc2)CCCNC1. The Morgan fingerprint density at radius 3 is 2.25 bits per heavy atom. The first-order valence-corrected chi connectivity index (χ1v) is 7.82. The summed E-state index contributed by atoms with van der Waals surface area (Å²) in [6, 6.07) is 4.33. The van der Waals surface area contributed by atoms with Gasteiger partial charge in [-0.25, -0.2) is 4.79 Å². The molecule has 1 N–H and O–H groups in total. The Labute approximate surface area is 139 Å². The lowest BCUT2D eigenvalue weighted by atomic mass is 9.93. The van der Waals surface area contributed by atoms with Crippen molar-refractivity contribution < 1.29 is 27.4 Å². The van der Waals surface area contributed by atoms with E-state index < -0.39 is 28.9 Å². The number of ether oxygens (including phenoxy) is 2. The van der Waals surface area contributed by atoms with Crippen molar-refractivity contribution in [1.29, 1.82) is 0 Å². The first kappa shape index (κ1) is 18.6. The minimum absolute atomic E-state index is 0.206. The monoisotopic (exact) mass is 345 g/mol. The molecule has 7 heteroatoms. The molecule has 1 saturated heterocycles. The van der Waals surface area contributed by atoms with E-state index in [1.807, 2.05) is 0 Å². The summed E-state index contributed by atoms with van der Waals surface area (Å²) in [5, 5.41) is 3.09. The number of alkyl halides is 3. The van der Waals surface area contributed by atoms with E-state index in [0.29, 0.717) is 12.8 Å². The molecule has 1 aromatic rings. The standard InChI is InChI=1S/C17H22F3NO3/c1-15(2,3)24-14(22)16(9-4-10-21-11-16)23-13-7-5-12(6-8-13)17(18,19)20/h5-8,21H,4,9-11H2,1-3H3. The van der Waals surface area contributed by atoms with Crippen LogP contribution < -0.4 is 10.1 Å². The van der Waals surface area contributed by atoms with Crippen molar-refractivity contribution in [2.45, 2.75) is 51.0 Å². The number of carbonyl (C=O) groups is 1. The Morgan fingerprint density at radius 2 is 1.79 bits per heavy atom. The van der Waals surface area contributed by atoms with Crippen LogP contribution in [0.3, 0.4) is 0 Å². The van der Waals surface area contributed by atoms with Gasteiger partial charge in [-0.2, -0.15) is 13.2 Å². The number of carbonyl (C=O) groups excluding carboxylic acids is 1. The van der Waals surface area contributed by atoms with E-state index in [2.05, 4.69) is 5.32 Å². The van der Waals surface area contributed by atoms with Gasteiger partial charge in [0, 0.05) is 13.0 Å². The van der Waals surface area contributed by atoms with Gasteiger partial charge < -0.3 is 14.8 Å². The number of benzene rings is 1. The van der Waals surface area contributed by atoms with Crippen LogP contribution in [0.2, 0.25) is 0 Å². The van der Waals surface area contributed by atoms with Gasteiger partial charge in [-0.3, -0.25) is 0 Å². The summed E-state index contributed by atoms with van der Waals surface area (Å²) in [7, 11) is 0. The van der Waals surface area contributed by atoms with Gasteiger partial charge in [0.05, 0.1) is 5.56 Å². The molecule has 1 aromatic carbocycles. The number of esters is 1. The topological polar surface area (TPSA) is 47.6 Å². The van der Waals surface area contributed by atoms with Crippen LogP contribution in [-0.4, -0.2) is 30.3 Å². The summed E-state index contributed by atoms with van der Waals surface area (Å²) < 4.78 is 49.2. The molecule has 1 aliphatic rings. The second kappa shape index (κ2) is 6.63. The molecule has 1 atom stereocenters. The maximum Gasteiger partial charge on any atom is 0.416 e. The second-order valence-corrected chi connectivity index (χ2v) is 6.90. The summed E-state index contributed by atoms with van der Waals surface area (Å²) in [5.74, 6) is -0.306. The Kier molecular flexibility index (Phi) is 5.13. The summed E-state index contributed by atoms with van der Waals surface area (Å²) in [6.07, 6.45) is -3.26. The number of hydrogen-bond donors (Lipinski definition) is 1. The van der Waals surface area contributed by atoms with E-state index in [1.165, 1.54) is 12.1 Å². The van der Waals surface area contributed by atoms with Crippen LogP contribution in [0.25, 0.3) is 0 Å². The van der Waals surface area contributed by atoms with Crippen LogP contribution in [0.5, 0.6) is 5.75 Å². The van der Waals surface area contributed by atoms with E-state index in [-0.39, 0.29) is 12.3 Å². The third-order valence-electron chi connectivity index (χ3n) is 3.61. The maximum absolute atomic E-state index is 12.6. The second-order valence-electron chi connectivity index (χ2n) is 6.90. The predicted molar refractivity (Wildman–Crippen MR) is 82.8 cm³/mol. The van der Waals surface area contributed by atoms with Crippen molar-refractivity contribution in [2.24, 2.45) is 0 Å². The van der Waals surface area contributed by atoms with Crippen molar-refractivity contribution in [1.82, 2.24) is 5.32 Å². The van der Waals surface area contributed by atoms with Gasteiger partial charge in [0.25, 0.3) is 0 Å². The van der Waals surface area contributed by atoms with Crippen molar-refractivity contribution >= 4 is 5.97 Å². The van der Waals surface area contributed by atoms with E-state index in [0.717, 1.165) is 18.7 Å². The zero-order valence-electron chi connectivity index (χ0n) is 14.0. The summed E-state index contributed by atoms with van der Waals surface area (Å²) in [5.41, 5.74) is -2.67. The summed E-state index contributed by atoms with van der Waals surface area (Å²) >= 11 is 0. The molecule has 0 bridgehead atoms. The number of rotatable bonds is 3. The number of nitrogens with one attached hydrogen (secondary N) is 1. The third kappa shape index (κ3) is 4.63. The van der Waals surface area contributed by atoms with Crippen LogP contribution in [0.4, 0.5) is 13.2 Å². The van der Waals surface area contributed by atoms with E-state index in [1.54, 1.807) is 20.8 Å². The summed E-state index contributed by atoms with van der Waals surface area (Å²) in [6.45, 7) is 6.27. The van der Waals surface area contributed by atoms with Crippen LogP contribution >= 0.6 is 0 Å². The third-order valence-corrected chi connectivity index (χ3v) is 3.61. The van der Waals surface area contributed by atoms with Gasteiger partial charge in [-0.15, -0.1) is 0 Å². The number of hydrogen-bond acceptors (Lipinski definition) is 4. The Bertz CT molecular complexity index is 570. The molecule has 0 radical (unpaired) electrons. The quantitative estimate of drug-likeness (QED) is 0.851. The minimum Gasteiger partial charge on any atom is -0.474 e. The van der Waals surface area contributed by atoms with Crippen LogP contribution in [-0.2, 0) is 15.7 Å². The van der Waals surface area contributed by atoms with Crippen LogP contribution in [0, 0.1) is 0 Å². The van der Waals surface area contributed by atoms with Gasteiger partial charge in [0.1, 0.15) is 11.4 Å². The van der Waals surface area contributed by atoms with Gasteiger partial charge >= 0.3 is 12.1 Å². The molecule has 1 aliphatic heterocycles. The lowest BCUT2D eigenvalue weighted by Gasteiger charge is -2.37. The molecule has 0 spiro atoms. The lowest BCUT2D eigenvalue weighted by Crippen LogP contribution is -2.57. The van der Waals surface area contributed by atoms with Gasteiger partial charge in [0.2, 0.25) is 5.60 Å². The van der Waals surface area contributed by atoms with Crippen LogP contribution in [0.15, 0.2) is 24.3 Å². The summed E-state index contributed by atoms with van der Waals surface area (Å²) in [4.78, 5) is 12.6. The van der Waals surface area contributed by atoms with Crippen molar-refractivity contribution in [2.75, 3.05) is 13.1 Å². The molecule has 2 rings (SSSR count). The fourth-order valence-electron chi connectivity index (χ4n) is 2.49. The molecule has 1 heterocycles. The van der Waals surface area contributed by atoms with Gasteiger partial charge in [0.15, 0.2) is 0 Å². The van der Waals surface area contributed by atoms with E-state index in [4.69, 9.17) is 9.47 Å². The molecule has 0 aromatic heterocycles. The number of halogens is 3. The molecule has 1 fully saturated rings. The predicted octanol–water partition coefficient (Wildman–Crippen LogP) is 3.55. The molecule has 4 nitrogen and oxygen atoms in total. The van der Waals surface area contributed by atoms with Crippen molar-refractivity contribution in [3.63, 3.8) is 0 Å². The molecule has 24 heavy (non-hydrogen) atoms. The zero-order chi connectivity index (χ0) is 18.0. The van der Waals surface area contributed by atoms with E-state index in [9.17, 15) is 18.0 Å². The molecule has 0 aliphatic carbocycles. The fourth-order valence-corrected chi connectivity index (χ4v) is 2.49. The highest BCUT2D eigenvalue weighted by atomic mass is 19.4. The van der Waals surface area contributed by atoms with Crippen molar-refractivity contribution in [3.8, 4) is 5.75 Å². The molecule has 134 valence electrons. The first-order chi connectivity index (χ1) is 11.0. The molecule has 0 amide bonds. The average molecular weight is 345 g/mol. The maximum atomic E-state index is 12.6. The highest BCUT2D eigenvalue weighted by Gasteiger charge is 2.45. The highest BCUT2D eigenvalue weighted by Crippen LogP contribution is 2.32. The normalized spacial score (nSPS) is 22.1. The van der Waals surface area contributed by atoms with Gasteiger partial charge in [-0.1, -0.05) is 0 Å². The first-order valence-electron chi connectivity index (χ1n) is 7.82. The fraction of sp³-hybridized carbons (Fsp3) is 0.588. The van der Waals surface area contributed by atoms with Crippen LogP contribution in [0.1, 0.15) is 39.2 Å². The Balaban J connectivity index is 2.21. The average Bonchev–Trinajstić information content (AvgIpc) is 2.46. The Morgan fingerprint density at radius 1 is 1.17 bits per heavy atom. The molecule has 0 saturated carbocycles. The molecule has 1 unspecified atom stereocenters. The zero-order valence-corrected chi connectivity index (χ0v) is 14.0. The lowest BCUT2D eigenvalue weighted by molar-refractivity contribution is -0.175. The highest BCUT2D eigenvalue weighted by molar-refractivity contribution is 5.81. The molecular weight excluding hydrogens is 323 g/mol. The minimum atomic E-state index is -4.41. The van der Waals surface area contributed by atoms with E-state index >= 15 is 0 Å². The van der Waals surface area contributed by atoms with Gasteiger partial charge in [-0.05, 0) is 58.0 Å². The molecular formula is C17H22F3NO3. The largest absolute Gasteiger partial charge is 0.474 e. The smallest absolute Gasteiger partial charge is 0.416 e. The van der Waals surface area contributed by atoms with Crippen molar-refractivity contribution in [3.05, 3.63) is 29.8 Å².